The number of benzene rings is 2. The third-order valence-corrected chi connectivity index (χ3v) is 6.89. The van der Waals surface area contributed by atoms with Gasteiger partial charge in [-0.05, 0) is 48.7 Å². The average molecular weight is 470 g/mol. The van der Waals surface area contributed by atoms with Gasteiger partial charge >= 0.3 is 5.76 Å². The van der Waals surface area contributed by atoms with E-state index in [2.05, 4.69) is 14.9 Å². The first-order valence-electron chi connectivity index (χ1n) is 9.22. The fourth-order valence-corrected chi connectivity index (χ4v) is 4.90. The third kappa shape index (κ3) is 4.65. The summed E-state index contributed by atoms with van der Waals surface area (Å²) in [6, 6.07) is 5.89. The van der Waals surface area contributed by atoms with E-state index in [1.54, 1.807) is 26.8 Å². The molecule has 0 radical (unpaired) electrons. The molecular formula is C20H21ClFN3O5S. The van der Waals surface area contributed by atoms with Crippen LogP contribution >= 0.6 is 11.6 Å². The number of aromatic nitrogens is 2. The number of halogens is 2. The average Bonchev–Trinajstić information content (AvgIpc) is 3.15. The molecule has 0 saturated heterocycles. The smallest absolute Gasteiger partial charge is 0.434 e. The fraction of sp³-hybridized carbons (Fsp3) is 0.300. The molecule has 1 heterocycles. The number of aromatic amines is 1. The Labute approximate surface area is 183 Å². The number of methoxy groups -OCH3 is 1. The van der Waals surface area contributed by atoms with Crippen molar-refractivity contribution in [3.05, 3.63) is 74.3 Å². The highest BCUT2D eigenvalue weighted by molar-refractivity contribution is 7.89. The first-order valence-corrected chi connectivity index (χ1v) is 11.1. The lowest BCUT2D eigenvalue weighted by Gasteiger charge is -2.25. The van der Waals surface area contributed by atoms with E-state index in [0.717, 1.165) is 0 Å². The van der Waals surface area contributed by atoms with Gasteiger partial charge in [-0.1, -0.05) is 24.6 Å². The Morgan fingerprint density at radius 1 is 1.23 bits per heavy atom. The number of H-pyrrole nitrogens is 1. The van der Waals surface area contributed by atoms with E-state index in [1.807, 2.05) is 0 Å². The number of nitrogens with one attached hydrogen (secondary N) is 2. The molecule has 11 heteroatoms. The molecule has 0 amide bonds. The summed E-state index contributed by atoms with van der Waals surface area (Å²) in [5.41, 5.74) is 1.76. The largest absolute Gasteiger partial charge is 0.495 e. The van der Waals surface area contributed by atoms with E-state index in [0.29, 0.717) is 21.7 Å². The van der Waals surface area contributed by atoms with Crippen LogP contribution < -0.4 is 15.2 Å². The van der Waals surface area contributed by atoms with Crippen LogP contribution in [0.25, 0.3) is 0 Å². The number of rotatable bonds is 7. The molecule has 0 aliphatic carbocycles. The number of sulfonamides is 1. The summed E-state index contributed by atoms with van der Waals surface area (Å²) in [4.78, 5) is 11.4. The second kappa shape index (κ2) is 8.81. The maximum atomic E-state index is 13.9. The van der Waals surface area contributed by atoms with Gasteiger partial charge in [-0.15, -0.1) is 5.10 Å². The van der Waals surface area contributed by atoms with Crippen LogP contribution in [0.3, 0.4) is 0 Å². The molecule has 0 aliphatic rings. The van der Waals surface area contributed by atoms with Crippen LogP contribution in [-0.4, -0.2) is 25.7 Å². The minimum Gasteiger partial charge on any atom is -0.495 e. The summed E-state index contributed by atoms with van der Waals surface area (Å²) in [7, 11) is -2.84. The van der Waals surface area contributed by atoms with Gasteiger partial charge < -0.3 is 9.15 Å². The molecule has 2 atom stereocenters. The van der Waals surface area contributed by atoms with Crippen molar-refractivity contribution in [1.29, 1.82) is 0 Å². The maximum absolute atomic E-state index is 13.9. The van der Waals surface area contributed by atoms with Gasteiger partial charge in [-0.3, -0.25) is 0 Å². The van der Waals surface area contributed by atoms with Crippen LogP contribution in [0.1, 0.15) is 41.5 Å². The maximum Gasteiger partial charge on any atom is 0.434 e. The van der Waals surface area contributed by atoms with Crippen molar-refractivity contribution in [3.8, 4) is 5.75 Å². The van der Waals surface area contributed by atoms with Crippen molar-refractivity contribution in [1.82, 2.24) is 14.9 Å². The molecule has 3 rings (SSSR count). The van der Waals surface area contributed by atoms with E-state index in [4.69, 9.17) is 20.8 Å². The highest BCUT2D eigenvalue weighted by Crippen LogP contribution is 2.35. The monoisotopic (exact) mass is 469 g/mol. The molecule has 0 unspecified atom stereocenters. The Kier molecular flexibility index (Phi) is 6.54. The molecule has 0 saturated carbocycles. The Hall–Kier alpha value is -2.69. The molecule has 8 nitrogen and oxygen atoms in total. The molecule has 1 aromatic heterocycles. The summed E-state index contributed by atoms with van der Waals surface area (Å²) in [6.45, 7) is 5.09. The molecule has 0 fully saturated rings. The zero-order valence-corrected chi connectivity index (χ0v) is 18.8. The van der Waals surface area contributed by atoms with Crippen LogP contribution in [0.4, 0.5) is 4.39 Å². The van der Waals surface area contributed by atoms with Crippen molar-refractivity contribution in [3.63, 3.8) is 0 Å². The van der Waals surface area contributed by atoms with Gasteiger partial charge in [0, 0.05) is 17.0 Å². The summed E-state index contributed by atoms with van der Waals surface area (Å²) in [5, 5.41) is 6.25. The second-order valence-corrected chi connectivity index (χ2v) is 9.14. The van der Waals surface area contributed by atoms with Gasteiger partial charge in [0.05, 0.1) is 7.11 Å². The Bertz CT molecular complexity index is 1270. The van der Waals surface area contributed by atoms with E-state index in [9.17, 15) is 17.6 Å². The lowest BCUT2D eigenvalue weighted by molar-refractivity contribution is 0.378. The first-order chi connectivity index (χ1) is 14.5. The summed E-state index contributed by atoms with van der Waals surface area (Å²) in [5.74, 6) is -1.89. The van der Waals surface area contributed by atoms with Gasteiger partial charge in [-0.25, -0.2) is 22.7 Å². The van der Waals surface area contributed by atoms with Gasteiger partial charge in [0.15, 0.2) is 0 Å². The molecule has 0 aliphatic heterocycles. The molecule has 2 N–H and O–H groups in total. The topological polar surface area (TPSA) is 114 Å². The molecular weight excluding hydrogens is 449 g/mol. The summed E-state index contributed by atoms with van der Waals surface area (Å²) < 4.78 is 53.1. The Morgan fingerprint density at radius 2 is 1.94 bits per heavy atom. The minimum absolute atomic E-state index is 0.0451. The molecule has 0 spiro atoms. The Balaban J connectivity index is 2.09. The highest BCUT2D eigenvalue weighted by atomic mass is 35.5. The van der Waals surface area contributed by atoms with E-state index in [1.165, 1.54) is 31.4 Å². The SMILES string of the molecule is COc1cc(Cl)ccc1S(=O)(=O)N[C@H](c1n[nH]c(=O)o1)[C@H](C)c1ccc(F)c(C)c1C. The lowest BCUT2D eigenvalue weighted by atomic mass is 9.88. The predicted molar refractivity (Wildman–Crippen MR) is 112 cm³/mol. The first kappa shape index (κ1) is 23.0. The summed E-state index contributed by atoms with van der Waals surface area (Å²) >= 11 is 5.94. The Morgan fingerprint density at radius 3 is 2.55 bits per heavy atom. The van der Waals surface area contributed by atoms with Crippen molar-refractivity contribution < 1.29 is 22.0 Å². The normalized spacial score (nSPS) is 13.7. The standard InChI is InChI=1S/C20H21ClFN3O5S/c1-10-11(2)15(22)7-6-14(10)12(3)18(19-23-24-20(26)30-19)25-31(27,28)17-8-5-13(21)9-16(17)29-4/h5-9,12,18,25H,1-4H3,(H,24,26)/t12-,18+/m1/s1. The van der Waals surface area contributed by atoms with Crippen LogP contribution in [0, 0.1) is 19.7 Å². The quantitative estimate of drug-likeness (QED) is 0.546. The predicted octanol–water partition coefficient (Wildman–Crippen LogP) is 3.60. The molecule has 166 valence electrons. The highest BCUT2D eigenvalue weighted by Gasteiger charge is 2.33. The van der Waals surface area contributed by atoms with Crippen LogP contribution in [-0.2, 0) is 10.0 Å². The van der Waals surface area contributed by atoms with Gasteiger partial charge in [0.25, 0.3) is 0 Å². The third-order valence-electron chi connectivity index (χ3n) is 5.17. The zero-order chi connectivity index (χ0) is 22.9. The molecule has 0 bridgehead atoms. The van der Waals surface area contributed by atoms with Crippen molar-refractivity contribution in [2.24, 2.45) is 0 Å². The molecule has 31 heavy (non-hydrogen) atoms. The zero-order valence-electron chi connectivity index (χ0n) is 17.2. The summed E-state index contributed by atoms with van der Waals surface area (Å²) in [6.07, 6.45) is 0. The number of nitrogens with zero attached hydrogens (tertiary/aromatic N) is 1. The lowest BCUT2D eigenvalue weighted by Crippen LogP contribution is -2.33. The van der Waals surface area contributed by atoms with Gasteiger partial charge in [0.1, 0.15) is 22.5 Å². The van der Waals surface area contributed by atoms with Crippen LogP contribution in [0.2, 0.25) is 5.02 Å². The minimum atomic E-state index is -4.17. The number of hydrogen-bond donors (Lipinski definition) is 2. The van der Waals surface area contributed by atoms with Crippen molar-refractivity contribution in [2.75, 3.05) is 7.11 Å². The number of hydrogen-bond acceptors (Lipinski definition) is 6. The van der Waals surface area contributed by atoms with E-state index in [-0.39, 0.29) is 22.4 Å². The van der Waals surface area contributed by atoms with Crippen molar-refractivity contribution >= 4 is 21.6 Å². The van der Waals surface area contributed by atoms with Crippen molar-refractivity contribution in [2.45, 2.75) is 37.6 Å². The van der Waals surface area contributed by atoms with E-state index < -0.39 is 27.7 Å². The van der Waals surface area contributed by atoms with Gasteiger partial charge in [0.2, 0.25) is 15.9 Å². The van der Waals surface area contributed by atoms with Gasteiger partial charge in [-0.2, -0.15) is 4.72 Å². The number of ether oxygens (including phenoxy) is 1. The molecule has 3 aromatic rings. The van der Waals surface area contributed by atoms with Crippen LogP contribution in [0.5, 0.6) is 5.75 Å². The van der Waals surface area contributed by atoms with Crippen LogP contribution in [0.15, 0.2) is 44.4 Å². The fourth-order valence-electron chi connectivity index (χ4n) is 3.32. The van der Waals surface area contributed by atoms with E-state index >= 15 is 0 Å². The second-order valence-electron chi connectivity index (χ2n) is 7.02. The molecule has 2 aromatic carbocycles.